The van der Waals surface area contributed by atoms with Crippen molar-refractivity contribution in [3.63, 3.8) is 0 Å². The van der Waals surface area contributed by atoms with Crippen LogP contribution in [0.1, 0.15) is 23.2 Å². The summed E-state index contributed by atoms with van der Waals surface area (Å²) in [6.45, 7) is 0. The highest BCUT2D eigenvalue weighted by Crippen LogP contribution is 2.37. The van der Waals surface area contributed by atoms with Crippen LogP contribution in [0.5, 0.6) is 0 Å². The molecule has 5 nitrogen and oxygen atoms in total. The predicted octanol–water partition coefficient (Wildman–Crippen LogP) is 0.563. The Balaban J connectivity index is 2.07. The number of carbonyl (C=O) groups is 2. The van der Waals surface area contributed by atoms with Gasteiger partial charge < -0.3 is 5.32 Å². The molecular formula is C13H15NO4S. The topological polar surface area (TPSA) is 80.3 Å². The van der Waals surface area contributed by atoms with Crippen LogP contribution in [0.2, 0.25) is 0 Å². The van der Waals surface area contributed by atoms with E-state index in [2.05, 4.69) is 5.32 Å². The summed E-state index contributed by atoms with van der Waals surface area (Å²) in [6, 6.07) is 8.54. The van der Waals surface area contributed by atoms with Gasteiger partial charge in [0.1, 0.15) is 11.3 Å². The lowest BCUT2D eigenvalue weighted by molar-refractivity contribution is -0.119. The van der Waals surface area contributed by atoms with Crippen molar-refractivity contribution < 1.29 is 18.0 Å². The number of amides is 1. The van der Waals surface area contributed by atoms with E-state index in [0.29, 0.717) is 18.4 Å². The summed E-state index contributed by atoms with van der Waals surface area (Å²) < 4.78 is 22.3. The summed E-state index contributed by atoms with van der Waals surface area (Å²) in [5.41, 5.74) is -0.517. The van der Waals surface area contributed by atoms with Crippen LogP contribution in [0.15, 0.2) is 30.3 Å². The summed E-state index contributed by atoms with van der Waals surface area (Å²) in [6.07, 6.45) is 2.01. The molecule has 6 heteroatoms. The van der Waals surface area contributed by atoms with Crippen LogP contribution in [-0.2, 0) is 14.6 Å². The van der Waals surface area contributed by atoms with Crippen LogP contribution < -0.4 is 5.32 Å². The van der Waals surface area contributed by atoms with Crippen molar-refractivity contribution in [2.24, 2.45) is 0 Å². The van der Waals surface area contributed by atoms with Gasteiger partial charge in [-0.05, 0) is 25.0 Å². The van der Waals surface area contributed by atoms with Crippen molar-refractivity contribution in [3.05, 3.63) is 35.9 Å². The minimum atomic E-state index is -3.37. The molecule has 0 bridgehead atoms. The maximum Gasteiger partial charge on any atom is 0.252 e. The molecule has 1 aliphatic carbocycles. The number of hydrogen-bond acceptors (Lipinski definition) is 4. The van der Waals surface area contributed by atoms with Gasteiger partial charge in [0.25, 0.3) is 5.91 Å². The molecule has 1 aromatic rings. The number of carbonyl (C=O) groups excluding carboxylic acids is 2. The third-order valence-electron chi connectivity index (χ3n) is 3.07. The molecule has 1 aliphatic rings. The Labute approximate surface area is 111 Å². The van der Waals surface area contributed by atoms with Gasteiger partial charge in [0, 0.05) is 11.8 Å². The molecule has 1 amide bonds. The molecule has 0 spiro atoms. The van der Waals surface area contributed by atoms with E-state index in [1.54, 1.807) is 30.3 Å². The molecule has 0 aromatic heterocycles. The maximum absolute atomic E-state index is 12.0. The van der Waals surface area contributed by atoms with Gasteiger partial charge in [-0.2, -0.15) is 0 Å². The van der Waals surface area contributed by atoms with Crippen LogP contribution in [0.4, 0.5) is 0 Å². The summed E-state index contributed by atoms with van der Waals surface area (Å²) >= 11 is 0. The average molecular weight is 281 g/mol. The van der Waals surface area contributed by atoms with Crippen LogP contribution in [0.25, 0.3) is 0 Å². The first-order valence-corrected chi connectivity index (χ1v) is 7.97. The van der Waals surface area contributed by atoms with E-state index in [0.717, 1.165) is 6.26 Å². The van der Waals surface area contributed by atoms with Crippen LogP contribution in [0, 0.1) is 0 Å². The monoisotopic (exact) mass is 281 g/mol. The normalized spacial score (nSPS) is 16.7. The molecule has 1 aromatic carbocycles. The standard InChI is InChI=1S/C13H15NO4S/c1-19(17,18)9-11(15)13(7-8-13)14-12(16)10-5-3-2-4-6-10/h2-6H,7-9H2,1H3,(H,14,16). The van der Waals surface area contributed by atoms with Gasteiger partial charge in [0.05, 0.1) is 0 Å². The number of rotatable bonds is 5. The zero-order valence-electron chi connectivity index (χ0n) is 10.5. The van der Waals surface area contributed by atoms with E-state index >= 15 is 0 Å². The van der Waals surface area contributed by atoms with E-state index in [9.17, 15) is 18.0 Å². The van der Waals surface area contributed by atoms with Crippen molar-refractivity contribution in [2.75, 3.05) is 12.0 Å². The smallest absolute Gasteiger partial charge is 0.252 e. The quantitative estimate of drug-likeness (QED) is 0.855. The van der Waals surface area contributed by atoms with E-state index in [1.807, 2.05) is 0 Å². The van der Waals surface area contributed by atoms with Crippen molar-refractivity contribution in [3.8, 4) is 0 Å². The van der Waals surface area contributed by atoms with Gasteiger partial charge in [0.2, 0.25) is 0 Å². The highest BCUT2D eigenvalue weighted by molar-refractivity contribution is 7.91. The Kier molecular flexibility index (Phi) is 3.45. The Morgan fingerprint density at radius 1 is 1.21 bits per heavy atom. The Bertz CT molecular complexity index is 603. The van der Waals surface area contributed by atoms with Gasteiger partial charge in [-0.25, -0.2) is 8.42 Å². The highest BCUT2D eigenvalue weighted by Gasteiger charge is 2.51. The molecule has 1 saturated carbocycles. The SMILES string of the molecule is CS(=O)(=O)CC(=O)C1(NC(=O)c2ccccc2)CC1. The largest absolute Gasteiger partial charge is 0.339 e. The molecule has 0 unspecified atom stereocenters. The average Bonchev–Trinajstić information content (AvgIpc) is 3.09. The second-order valence-corrected chi connectivity index (χ2v) is 7.04. The number of hydrogen-bond donors (Lipinski definition) is 1. The van der Waals surface area contributed by atoms with E-state index in [1.165, 1.54) is 0 Å². The minimum absolute atomic E-state index is 0.347. The fourth-order valence-electron chi connectivity index (χ4n) is 1.85. The predicted molar refractivity (Wildman–Crippen MR) is 70.6 cm³/mol. The van der Waals surface area contributed by atoms with Crippen LogP contribution in [0.3, 0.4) is 0 Å². The number of nitrogens with one attached hydrogen (secondary N) is 1. The second kappa shape index (κ2) is 4.77. The summed E-state index contributed by atoms with van der Waals surface area (Å²) in [5.74, 6) is -1.30. The second-order valence-electron chi connectivity index (χ2n) is 4.90. The highest BCUT2D eigenvalue weighted by atomic mass is 32.2. The first kappa shape index (κ1) is 13.7. The van der Waals surface area contributed by atoms with E-state index in [4.69, 9.17) is 0 Å². The van der Waals surface area contributed by atoms with Crippen LogP contribution >= 0.6 is 0 Å². The maximum atomic E-state index is 12.0. The molecule has 1 N–H and O–H groups in total. The van der Waals surface area contributed by atoms with Crippen molar-refractivity contribution >= 4 is 21.5 Å². The van der Waals surface area contributed by atoms with Gasteiger partial charge >= 0.3 is 0 Å². The molecule has 0 saturated heterocycles. The lowest BCUT2D eigenvalue weighted by Crippen LogP contribution is -2.45. The summed E-state index contributed by atoms with van der Waals surface area (Å²) in [7, 11) is -3.37. The number of Topliss-reactive ketones (excluding diaryl/α,β-unsaturated/α-hetero) is 1. The lowest BCUT2D eigenvalue weighted by Gasteiger charge is -2.15. The molecule has 0 heterocycles. The first-order valence-electron chi connectivity index (χ1n) is 5.91. The fraction of sp³-hybridized carbons (Fsp3) is 0.385. The molecule has 1 fully saturated rings. The molecule has 2 rings (SSSR count). The van der Waals surface area contributed by atoms with Gasteiger partial charge in [-0.1, -0.05) is 18.2 Å². The molecular weight excluding hydrogens is 266 g/mol. The summed E-state index contributed by atoms with van der Waals surface area (Å²) in [5, 5.41) is 2.65. The Morgan fingerprint density at radius 2 is 1.79 bits per heavy atom. The third-order valence-corrected chi connectivity index (χ3v) is 3.85. The zero-order valence-corrected chi connectivity index (χ0v) is 11.4. The van der Waals surface area contributed by atoms with Crippen molar-refractivity contribution in [2.45, 2.75) is 18.4 Å². The van der Waals surface area contributed by atoms with E-state index < -0.39 is 26.9 Å². The number of benzene rings is 1. The molecule has 0 aliphatic heterocycles. The lowest BCUT2D eigenvalue weighted by atomic mass is 10.1. The zero-order chi connectivity index (χ0) is 14.1. The number of sulfone groups is 1. The van der Waals surface area contributed by atoms with Crippen molar-refractivity contribution in [1.29, 1.82) is 0 Å². The molecule has 102 valence electrons. The Hall–Kier alpha value is -1.69. The van der Waals surface area contributed by atoms with Gasteiger partial charge in [-0.15, -0.1) is 0 Å². The van der Waals surface area contributed by atoms with Crippen LogP contribution in [-0.4, -0.2) is 37.7 Å². The number of ketones is 1. The molecule has 0 radical (unpaired) electrons. The molecule has 0 atom stereocenters. The fourth-order valence-corrected chi connectivity index (χ4v) is 2.61. The van der Waals surface area contributed by atoms with E-state index in [-0.39, 0.29) is 5.91 Å². The van der Waals surface area contributed by atoms with Gasteiger partial charge in [0.15, 0.2) is 15.6 Å². The van der Waals surface area contributed by atoms with Gasteiger partial charge in [-0.3, -0.25) is 9.59 Å². The molecule has 19 heavy (non-hydrogen) atoms. The van der Waals surface area contributed by atoms with Crippen molar-refractivity contribution in [1.82, 2.24) is 5.32 Å². The minimum Gasteiger partial charge on any atom is -0.339 e. The summed E-state index contributed by atoms with van der Waals surface area (Å²) in [4.78, 5) is 23.9. The Morgan fingerprint density at radius 3 is 2.26 bits per heavy atom. The first-order chi connectivity index (χ1) is 8.82. The third kappa shape index (κ3) is 3.41.